The van der Waals surface area contributed by atoms with Gasteiger partial charge in [0.15, 0.2) is 0 Å². The largest absolute Gasteiger partial charge is 0.497 e. The average molecular weight is 904 g/mol. The topological polar surface area (TPSA) is 122 Å². The fourth-order valence-electron chi connectivity index (χ4n) is 6.15. The van der Waals surface area contributed by atoms with E-state index >= 15 is 0 Å². The van der Waals surface area contributed by atoms with Crippen molar-refractivity contribution in [1.82, 2.24) is 19.2 Å². The first-order chi connectivity index (χ1) is 27.5. The highest BCUT2D eigenvalue weighted by molar-refractivity contribution is 9.10. The number of alkyl halides is 2. The number of hydrogen-bond acceptors (Lipinski definition) is 8. The lowest BCUT2D eigenvalue weighted by Gasteiger charge is -2.29. The fraction of sp³-hybridized carbons (Fsp3) is 0.317. The Morgan fingerprint density at radius 2 is 1.74 bits per heavy atom. The quantitative estimate of drug-likeness (QED) is 0.0436. The molecule has 0 spiro atoms. The van der Waals surface area contributed by atoms with Crippen LogP contribution in [-0.2, 0) is 17.7 Å². The molecule has 1 fully saturated rings. The highest BCUT2D eigenvalue weighted by Gasteiger charge is 2.32. The van der Waals surface area contributed by atoms with E-state index in [1.807, 2.05) is 12.1 Å². The second-order valence-electron chi connectivity index (χ2n) is 14.6. The molecule has 1 amide bonds. The Hall–Kier alpha value is -4.80. The number of nitrogens with zero attached hydrogens (tertiary/aromatic N) is 3. The number of hydrogen-bond donors (Lipinski definition) is 3. The molecule has 1 aliphatic rings. The normalized spacial score (nSPS) is 13.4. The number of alkyl carbamates (subject to hydrolysis) is 1. The van der Waals surface area contributed by atoms with Crippen LogP contribution in [0.4, 0.5) is 28.0 Å². The first kappa shape index (κ1) is 42.8. The van der Waals surface area contributed by atoms with E-state index in [1.54, 1.807) is 56.5 Å². The van der Waals surface area contributed by atoms with E-state index in [0.29, 0.717) is 16.3 Å². The maximum absolute atomic E-state index is 14.8. The second kappa shape index (κ2) is 18.0. The minimum Gasteiger partial charge on any atom is -0.497 e. The molecular formula is C41H40BrClF4N6O4S. The van der Waals surface area contributed by atoms with E-state index in [2.05, 4.69) is 26.6 Å². The minimum atomic E-state index is -2.86. The monoisotopic (exact) mass is 902 g/mol. The summed E-state index contributed by atoms with van der Waals surface area (Å²) in [4.78, 5) is 33.1. The van der Waals surface area contributed by atoms with Gasteiger partial charge >= 0.3 is 6.09 Å². The predicted molar refractivity (Wildman–Crippen MR) is 223 cm³/mol. The highest BCUT2D eigenvalue weighted by atomic mass is 79.9. The number of fused-ring (bicyclic) bond motifs is 1. The molecule has 0 saturated heterocycles. The molecule has 1 heterocycles. The summed E-state index contributed by atoms with van der Waals surface area (Å²) >= 11 is 11.7. The molecule has 17 heteroatoms. The fourth-order valence-corrected chi connectivity index (χ4v) is 7.87. The third-order valence-electron chi connectivity index (χ3n) is 8.80. The third-order valence-corrected chi connectivity index (χ3v) is 10.9. The number of carbonyl (C=O) groups excluding carboxylic acids is 1. The Morgan fingerprint density at radius 1 is 1.05 bits per heavy atom. The van der Waals surface area contributed by atoms with E-state index in [0.717, 1.165) is 35.1 Å². The first-order valence-corrected chi connectivity index (χ1v) is 20.2. The van der Waals surface area contributed by atoms with Crippen molar-refractivity contribution in [2.75, 3.05) is 19.0 Å². The van der Waals surface area contributed by atoms with Crippen LogP contribution in [0.25, 0.3) is 16.6 Å². The maximum Gasteiger partial charge on any atom is 0.408 e. The van der Waals surface area contributed by atoms with Gasteiger partial charge in [-0.05, 0) is 111 Å². The van der Waals surface area contributed by atoms with Crippen LogP contribution in [0.3, 0.4) is 0 Å². The number of amidine groups is 1. The Morgan fingerprint density at radius 3 is 2.36 bits per heavy atom. The van der Waals surface area contributed by atoms with Crippen LogP contribution in [-0.4, -0.2) is 56.7 Å². The van der Waals surface area contributed by atoms with Gasteiger partial charge in [0.1, 0.15) is 34.6 Å². The number of halogens is 6. The van der Waals surface area contributed by atoms with Crippen molar-refractivity contribution < 1.29 is 31.8 Å². The highest BCUT2D eigenvalue weighted by Crippen LogP contribution is 2.41. The van der Waals surface area contributed by atoms with Gasteiger partial charge < -0.3 is 20.1 Å². The molecule has 1 aliphatic carbocycles. The van der Waals surface area contributed by atoms with Crippen molar-refractivity contribution in [3.05, 3.63) is 127 Å². The number of nitrogens with one attached hydrogen (secondary N) is 3. The predicted octanol–water partition coefficient (Wildman–Crippen LogP) is 10.2. The van der Waals surface area contributed by atoms with Gasteiger partial charge in [0, 0.05) is 22.2 Å². The average Bonchev–Trinajstić information content (AvgIpc) is 3.96. The standard InChI is InChI=1S/C41H40BrClF4N6O4S/c1-41(2,3)57-40(55)51-32(17-23-15-25(44)19-26(45)16-23)38-50-31-18-24(42)7-12-29(31)39(54)53(38)33-14-13-30(43)35(36(33)49-20-34(46)47)37(48)52(58-28-10-11-28)21-22-5-8-27(56-4)9-6-22/h5-9,12-16,18-19,28,32,34,48-49H,10-11,17,20-21H2,1-4H3,(H,51,55). The van der Waals surface area contributed by atoms with Crippen LogP contribution in [0.1, 0.15) is 62.2 Å². The van der Waals surface area contributed by atoms with Gasteiger partial charge in [-0.3, -0.25) is 19.1 Å². The van der Waals surface area contributed by atoms with Gasteiger partial charge in [-0.15, -0.1) is 0 Å². The zero-order chi connectivity index (χ0) is 41.9. The van der Waals surface area contributed by atoms with Crippen molar-refractivity contribution in [3.63, 3.8) is 0 Å². The van der Waals surface area contributed by atoms with E-state index < -0.39 is 47.9 Å². The summed E-state index contributed by atoms with van der Waals surface area (Å²) in [5.41, 5.74) is -0.573. The van der Waals surface area contributed by atoms with Crippen LogP contribution in [0.15, 0.2) is 82.1 Å². The van der Waals surface area contributed by atoms with Crippen LogP contribution < -0.4 is 20.9 Å². The molecule has 0 radical (unpaired) electrons. The number of rotatable bonds is 14. The van der Waals surface area contributed by atoms with Crippen LogP contribution in [0.5, 0.6) is 5.75 Å². The van der Waals surface area contributed by atoms with E-state index in [9.17, 15) is 32.6 Å². The molecule has 58 heavy (non-hydrogen) atoms. The van der Waals surface area contributed by atoms with Crippen molar-refractivity contribution in [2.45, 2.75) is 69.9 Å². The molecule has 10 nitrogen and oxygen atoms in total. The van der Waals surface area contributed by atoms with Crippen LogP contribution in [0, 0.1) is 17.0 Å². The summed E-state index contributed by atoms with van der Waals surface area (Å²) in [5.74, 6) is -1.35. The lowest BCUT2D eigenvalue weighted by Crippen LogP contribution is -2.39. The molecule has 0 aliphatic heterocycles. The molecule has 1 atom stereocenters. The van der Waals surface area contributed by atoms with Gasteiger partial charge in [0.2, 0.25) is 0 Å². The molecular weight excluding hydrogens is 864 g/mol. The van der Waals surface area contributed by atoms with Crippen molar-refractivity contribution in [2.24, 2.45) is 0 Å². The first-order valence-electron chi connectivity index (χ1n) is 18.2. The molecule has 6 rings (SSSR count). The smallest absolute Gasteiger partial charge is 0.408 e. The molecule has 306 valence electrons. The Labute approximate surface area is 350 Å². The Balaban J connectivity index is 1.59. The molecule has 3 N–H and O–H groups in total. The number of carbonyl (C=O) groups is 1. The lowest BCUT2D eigenvalue weighted by atomic mass is 10.0. The van der Waals surface area contributed by atoms with Gasteiger partial charge in [-0.25, -0.2) is 27.3 Å². The lowest BCUT2D eigenvalue weighted by molar-refractivity contribution is 0.0500. The number of anilines is 1. The zero-order valence-electron chi connectivity index (χ0n) is 31.8. The summed E-state index contributed by atoms with van der Waals surface area (Å²) < 4.78 is 71.7. The number of amides is 1. The minimum absolute atomic E-state index is 0.0238. The van der Waals surface area contributed by atoms with Crippen LogP contribution in [0.2, 0.25) is 5.02 Å². The maximum atomic E-state index is 14.8. The van der Waals surface area contributed by atoms with E-state index in [-0.39, 0.29) is 68.3 Å². The Kier molecular flexibility index (Phi) is 13.3. The van der Waals surface area contributed by atoms with E-state index in [4.69, 9.17) is 26.1 Å². The summed E-state index contributed by atoms with van der Waals surface area (Å²) in [6.45, 7) is 4.30. The Bertz CT molecular complexity index is 2370. The molecule has 0 bridgehead atoms. The molecule has 1 saturated carbocycles. The number of methoxy groups -OCH3 is 1. The zero-order valence-corrected chi connectivity index (χ0v) is 35.0. The summed E-state index contributed by atoms with van der Waals surface area (Å²) in [7, 11) is 1.56. The SMILES string of the molecule is COc1ccc(CN(SC2CC2)C(=N)c2c(Cl)ccc(-n3c(C(Cc4cc(F)cc(F)c4)NC(=O)OC(C)(C)C)nc4cc(Br)ccc4c3=O)c2NCC(F)F)cc1. The van der Waals surface area contributed by atoms with E-state index in [1.165, 1.54) is 30.1 Å². The molecule has 5 aromatic rings. The summed E-state index contributed by atoms with van der Waals surface area (Å²) in [6.07, 6.45) is -2.24. The number of ether oxygens (including phenoxy) is 2. The van der Waals surface area contributed by atoms with Gasteiger partial charge in [-0.2, -0.15) is 0 Å². The third kappa shape index (κ3) is 10.6. The van der Waals surface area contributed by atoms with Crippen molar-refractivity contribution >= 4 is 68.0 Å². The van der Waals surface area contributed by atoms with Crippen LogP contribution >= 0.6 is 39.5 Å². The second-order valence-corrected chi connectivity index (χ2v) is 17.2. The summed E-state index contributed by atoms with van der Waals surface area (Å²) in [5, 5.41) is 15.4. The van der Waals surface area contributed by atoms with Gasteiger partial charge in [-0.1, -0.05) is 39.7 Å². The number of benzene rings is 4. The molecule has 1 aromatic heterocycles. The summed E-state index contributed by atoms with van der Waals surface area (Å²) in [6, 6.07) is 16.5. The number of aromatic nitrogens is 2. The van der Waals surface area contributed by atoms with Gasteiger partial charge in [0.05, 0.1) is 59.1 Å². The molecule has 4 aromatic carbocycles. The van der Waals surface area contributed by atoms with Crippen molar-refractivity contribution in [3.8, 4) is 11.4 Å². The molecule has 1 unspecified atom stereocenters. The van der Waals surface area contributed by atoms with Crippen molar-refractivity contribution in [1.29, 1.82) is 5.41 Å². The van der Waals surface area contributed by atoms with Gasteiger partial charge in [0.25, 0.3) is 12.0 Å².